The zero-order valence-electron chi connectivity index (χ0n) is 6.82. The van der Waals surface area contributed by atoms with Crippen molar-refractivity contribution in [2.24, 2.45) is 0 Å². The summed E-state index contributed by atoms with van der Waals surface area (Å²) >= 11 is 16.8. The van der Waals surface area contributed by atoms with Gasteiger partial charge >= 0.3 is 7.32 Å². The van der Waals surface area contributed by atoms with Crippen molar-refractivity contribution in [1.82, 2.24) is 0 Å². The Balaban J connectivity index is 2.79. The average molecular weight is 255 g/mol. The van der Waals surface area contributed by atoms with Crippen LogP contribution in [-0.4, -0.2) is 17.4 Å². The summed E-state index contributed by atoms with van der Waals surface area (Å²) in [6.45, 7) is 0. The van der Waals surface area contributed by atoms with Crippen LogP contribution in [0.5, 0.6) is 5.75 Å². The zero-order valence-corrected chi connectivity index (χ0v) is 9.09. The van der Waals surface area contributed by atoms with Crippen molar-refractivity contribution < 1.29 is 14.7 Å². The Morgan fingerprint density at radius 2 is 1.57 bits per heavy atom. The number of hydrogen-bond donors (Lipinski definition) is 2. The molecule has 0 unspecified atom stereocenters. The second-order valence-electron chi connectivity index (χ2n) is 2.47. The SMILES string of the molecule is OB(O)Oc1ccc(C(Cl)(Cl)Cl)cc1. The number of alkyl halides is 3. The highest BCUT2D eigenvalue weighted by atomic mass is 35.6. The molecule has 0 spiro atoms. The lowest BCUT2D eigenvalue weighted by Crippen LogP contribution is -2.20. The third-order valence-electron chi connectivity index (χ3n) is 1.42. The summed E-state index contributed by atoms with van der Waals surface area (Å²) in [7, 11) is -1.85. The third-order valence-corrected chi connectivity index (χ3v) is 2.08. The summed E-state index contributed by atoms with van der Waals surface area (Å²) in [6, 6.07) is 5.97. The highest BCUT2D eigenvalue weighted by Crippen LogP contribution is 2.38. The average Bonchev–Trinajstić information content (AvgIpc) is 2.02. The maximum absolute atomic E-state index is 8.49. The highest BCUT2D eigenvalue weighted by molar-refractivity contribution is 6.66. The molecule has 2 N–H and O–H groups in total. The molecule has 0 radical (unpaired) electrons. The van der Waals surface area contributed by atoms with Crippen molar-refractivity contribution in [1.29, 1.82) is 0 Å². The second-order valence-corrected chi connectivity index (χ2v) is 4.75. The topological polar surface area (TPSA) is 49.7 Å². The Kier molecular flexibility index (Phi) is 3.92. The Morgan fingerprint density at radius 1 is 1.07 bits per heavy atom. The van der Waals surface area contributed by atoms with Gasteiger partial charge in [0.2, 0.25) is 3.79 Å². The van der Waals surface area contributed by atoms with Crippen molar-refractivity contribution in [2.45, 2.75) is 3.79 Å². The molecule has 14 heavy (non-hydrogen) atoms. The molecule has 7 heteroatoms. The lowest BCUT2D eigenvalue weighted by atomic mass is 10.2. The molecule has 0 heterocycles. The van der Waals surface area contributed by atoms with Crippen molar-refractivity contribution in [2.75, 3.05) is 0 Å². The number of halogens is 3. The fourth-order valence-electron chi connectivity index (χ4n) is 0.844. The Bertz CT molecular complexity index is 296. The molecule has 76 valence electrons. The first kappa shape index (κ1) is 11.9. The van der Waals surface area contributed by atoms with E-state index in [1.807, 2.05) is 0 Å². The van der Waals surface area contributed by atoms with E-state index < -0.39 is 11.1 Å². The molecule has 0 aliphatic heterocycles. The normalized spacial score (nSPS) is 11.2. The quantitative estimate of drug-likeness (QED) is 0.626. The first-order chi connectivity index (χ1) is 6.39. The van der Waals surface area contributed by atoms with Crippen molar-refractivity contribution in [3.05, 3.63) is 29.8 Å². The van der Waals surface area contributed by atoms with Crippen LogP contribution in [0.3, 0.4) is 0 Å². The summed E-state index contributed by atoms with van der Waals surface area (Å²) in [5.74, 6) is 0.276. The molecule has 0 atom stereocenters. The molecule has 0 saturated heterocycles. The van der Waals surface area contributed by atoms with Crippen LogP contribution >= 0.6 is 34.8 Å². The summed E-state index contributed by atoms with van der Waals surface area (Å²) < 4.78 is 3.07. The molecule has 0 aromatic heterocycles. The first-order valence-electron chi connectivity index (χ1n) is 3.59. The predicted molar refractivity (Wildman–Crippen MR) is 56.5 cm³/mol. The first-order valence-corrected chi connectivity index (χ1v) is 4.73. The van der Waals surface area contributed by atoms with Crippen LogP contribution in [0.25, 0.3) is 0 Å². The van der Waals surface area contributed by atoms with Gasteiger partial charge < -0.3 is 14.7 Å². The third kappa shape index (κ3) is 3.56. The van der Waals surface area contributed by atoms with E-state index in [9.17, 15) is 0 Å². The largest absolute Gasteiger partial charge is 0.707 e. The lowest BCUT2D eigenvalue weighted by molar-refractivity contribution is 0.288. The summed E-state index contributed by atoms with van der Waals surface area (Å²) in [5, 5.41) is 17.0. The van der Waals surface area contributed by atoms with Gasteiger partial charge in [-0.25, -0.2) is 0 Å². The van der Waals surface area contributed by atoms with Crippen LogP contribution in [-0.2, 0) is 3.79 Å². The van der Waals surface area contributed by atoms with Crippen molar-refractivity contribution in [3.63, 3.8) is 0 Å². The van der Waals surface area contributed by atoms with Gasteiger partial charge in [0.1, 0.15) is 5.75 Å². The van der Waals surface area contributed by atoms with Gasteiger partial charge in [0.15, 0.2) is 0 Å². The molecular formula is C7H6BCl3O3. The Labute approximate surface area is 96.3 Å². The number of hydrogen-bond acceptors (Lipinski definition) is 3. The van der Waals surface area contributed by atoms with Gasteiger partial charge in [-0.05, 0) is 12.1 Å². The van der Waals surface area contributed by atoms with Crippen LogP contribution in [0.4, 0.5) is 0 Å². The molecule has 0 amide bonds. The molecule has 1 rings (SSSR count). The zero-order chi connectivity index (χ0) is 10.8. The summed E-state index contributed by atoms with van der Waals surface area (Å²) in [4.78, 5) is 0. The fraction of sp³-hybridized carbons (Fsp3) is 0.143. The molecule has 1 aromatic rings. The second kappa shape index (κ2) is 4.60. The molecule has 1 aromatic carbocycles. The molecule has 0 fully saturated rings. The van der Waals surface area contributed by atoms with Gasteiger partial charge in [0.05, 0.1) is 0 Å². The summed E-state index contributed by atoms with van der Waals surface area (Å²) in [5.41, 5.74) is 0.474. The van der Waals surface area contributed by atoms with E-state index in [1.165, 1.54) is 24.3 Å². The van der Waals surface area contributed by atoms with E-state index in [0.717, 1.165) is 0 Å². The van der Waals surface area contributed by atoms with E-state index in [2.05, 4.69) is 4.65 Å². The van der Waals surface area contributed by atoms with Crippen LogP contribution < -0.4 is 4.65 Å². The van der Waals surface area contributed by atoms with Gasteiger partial charge in [0, 0.05) is 5.56 Å². The maximum Gasteiger partial charge on any atom is 0.707 e. The Hall–Kier alpha value is -0.125. The van der Waals surface area contributed by atoms with E-state index in [-0.39, 0.29) is 5.75 Å². The van der Waals surface area contributed by atoms with Crippen LogP contribution in [0.1, 0.15) is 5.56 Å². The standard InChI is InChI=1S/C7H6BCl3O3/c9-7(10,11)5-1-3-6(4-2-5)14-8(12)13/h1-4,12-13H. The van der Waals surface area contributed by atoms with Gasteiger partial charge in [-0.15, -0.1) is 0 Å². The summed E-state index contributed by atoms with van der Waals surface area (Å²) in [6.07, 6.45) is 0. The molecular weight excluding hydrogens is 249 g/mol. The lowest BCUT2D eigenvalue weighted by Gasteiger charge is -2.11. The fourth-order valence-corrected chi connectivity index (χ4v) is 1.22. The van der Waals surface area contributed by atoms with Gasteiger partial charge in [-0.2, -0.15) is 0 Å². The predicted octanol–water partition coefficient (Wildman–Crippen LogP) is 1.86. The van der Waals surface area contributed by atoms with Gasteiger partial charge in [-0.3, -0.25) is 0 Å². The minimum atomic E-state index is -1.85. The van der Waals surface area contributed by atoms with Crippen molar-refractivity contribution >= 4 is 42.1 Å². The van der Waals surface area contributed by atoms with Gasteiger partial charge in [0.25, 0.3) is 0 Å². The van der Waals surface area contributed by atoms with E-state index in [0.29, 0.717) is 5.56 Å². The smallest absolute Gasteiger partial charge is 0.512 e. The number of benzene rings is 1. The van der Waals surface area contributed by atoms with Crippen LogP contribution in [0.2, 0.25) is 0 Å². The molecule has 0 aliphatic carbocycles. The minimum absolute atomic E-state index is 0.276. The monoisotopic (exact) mass is 254 g/mol. The minimum Gasteiger partial charge on any atom is -0.512 e. The van der Waals surface area contributed by atoms with Crippen LogP contribution in [0.15, 0.2) is 24.3 Å². The van der Waals surface area contributed by atoms with E-state index in [1.54, 1.807) is 0 Å². The van der Waals surface area contributed by atoms with Crippen LogP contribution in [0, 0.1) is 0 Å². The molecule has 0 saturated carbocycles. The molecule has 0 aliphatic rings. The van der Waals surface area contributed by atoms with E-state index in [4.69, 9.17) is 44.9 Å². The highest BCUT2D eigenvalue weighted by Gasteiger charge is 2.22. The molecule has 3 nitrogen and oxygen atoms in total. The number of rotatable bonds is 2. The van der Waals surface area contributed by atoms with Crippen molar-refractivity contribution in [3.8, 4) is 5.75 Å². The molecule has 0 bridgehead atoms. The Morgan fingerprint density at radius 3 is 1.93 bits per heavy atom. The maximum atomic E-state index is 8.49. The van der Waals surface area contributed by atoms with E-state index >= 15 is 0 Å². The van der Waals surface area contributed by atoms with Gasteiger partial charge in [-0.1, -0.05) is 46.9 Å².